The van der Waals surface area contributed by atoms with Crippen LogP contribution < -0.4 is 14.4 Å². The van der Waals surface area contributed by atoms with Gasteiger partial charge in [-0.25, -0.2) is 8.42 Å². The number of benzene rings is 3. The lowest BCUT2D eigenvalue weighted by molar-refractivity contribution is -0.139. The molecule has 1 N–H and O–H groups in total. The highest BCUT2D eigenvalue weighted by Gasteiger charge is 2.32. The minimum Gasteiger partial charge on any atom is -0.497 e. The number of ether oxygens (including phenoxy) is 1. The molecule has 0 aliphatic heterocycles. The topological polar surface area (TPSA) is 96.0 Å². The molecule has 196 valence electrons. The van der Waals surface area contributed by atoms with Crippen molar-refractivity contribution >= 4 is 43.5 Å². The van der Waals surface area contributed by atoms with Crippen LogP contribution in [0.4, 0.5) is 5.69 Å². The molecule has 0 saturated carbocycles. The zero-order valence-corrected chi connectivity index (χ0v) is 23.3. The lowest BCUT2D eigenvalue weighted by Crippen LogP contribution is -2.52. The van der Waals surface area contributed by atoms with Gasteiger partial charge in [-0.3, -0.25) is 13.9 Å². The fourth-order valence-electron chi connectivity index (χ4n) is 3.91. The number of methoxy groups -OCH3 is 1. The van der Waals surface area contributed by atoms with Gasteiger partial charge in [-0.2, -0.15) is 0 Å². The average molecular weight is 589 g/mol. The summed E-state index contributed by atoms with van der Waals surface area (Å²) in [7, 11) is -0.742. The van der Waals surface area contributed by atoms with Gasteiger partial charge in [-0.15, -0.1) is 0 Å². The molecule has 3 aromatic rings. The van der Waals surface area contributed by atoms with Crippen LogP contribution in [0.15, 0.2) is 83.3 Å². The standard InChI is InChI=1S/C27H30BrN3O5S/c1-29-27(33)25(17-20-8-5-4-6-9-20)30(18-21-10-7-11-24(16-21)36-2)26(32)19-31(37(3,34)35)23-14-12-22(28)13-15-23/h4-16,25H,17-19H2,1-3H3,(H,29,33)/t25-/m1/s1. The van der Waals surface area contributed by atoms with Crippen molar-refractivity contribution in [1.82, 2.24) is 10.2 Å². The maximum absolute atomic E-state index is 13.9. The fourth-order valence-corrected chi connectivity index (χ4v) is 5.02. The van der Waals surface area contributed by atoms with Crippen LogP contribution in [0.2, 0.25) is 0 Å². The summed E-state index contributed by atoms with van der Waals surface area (Å²) in [5.74, 6) is -0.257. The number of sulfonamides is 1. The molecule has 10 heteroatoms. The first-order chi connectivity index (χ1) is 17.6. The molecule has 0 bridgehead atoms. The van der Waals surface area contributed by atoms with Crippen LogP contribution in [-0.4, -0.2) is 58.1 Å². The SMILES string of the molecule is CNC(=O)[C@@H](Cc1ccccc1)N(Cc1cccc(OC)c1)C(=O)CN(c1ccc(Br)cc1)S(C)(=O)=O. The van der Waals surface area contributed by atoms with E-state index in [9.17, 15) is 18.0 Å². The quantitative estimate of drug-likeness (QED) is 0.370. The number of carbonyl (C=O) groups excluding carboxylic acids is 2. The second-order valence-corrected chi connectivity index (χ2v) is 11.3. The molecule has 0 unspecified atom stereocenters. The molecule has 0 aliphatic rings. The number of rotatable bonds is 11. The van der Waals surface area contributed by atoms with E-state index >= 15 is 0 Å². The summed E-state index contributed by atoms with van der Waals surface area (Å²) in [5, 5.41) is 2.66. The van der Waals surface area contributed by atoms with Crippen molar-refractivity contribution in [3.8, 4) is 5.75 Å². The summed E-state index contributed by atoms with van der Waals surface area (Å²) in [5.41, 5.74) is 1.96. The average Bonchev–Trinajstić information content (AvgIpc) is 2.89. The molecule has 0 aliphatic carbocycles. The number of hydrogen-bond donors (Lipinski definition) is 1. The van der Waals surface area contributed by atoms with Crippen LogP contribution >= 0.6 is 15.9 Å². The van der Waals surface area contributed by atoms with Crippen LogP contribution in [0.25, 0.3) is 0 Å². The fraction of sp³-hybridized carbons (Fsp3) is 0.259. The number of carbonyl (C=O) groups is 2. The summed E-state index contributed by atoms with van der Waals surface area (Å²) in [6.07, 6.45) is 1.31. The summed E-state index contributed by atoms with van der Waals surface area (Å²) in [4.78, 5) is 28.4. The van der Waals surface area contributed by atoms with Gasteiger partial charge in [-0.05, 0) is 47.5 Å². The zero-order chi connectivity index (χ0) is 27.0. The van der Waals surface area contributed by atoms with E-state index in [4.69, 9.17) is 4.74 Å². The number of likely N-dealkylation sites (N-methyl/N-ethyl adjacent to an activating group) is 1. The predicted octanol–water partition coefficient (Wildman–Crippen LogP) is 3.61. The maximum atomic E-state index is 13.9. The normalized spacial score (nSPS) is 11.9. The Bertz CT molecular complexity index is 1320. The molecule has 0 spiro atoms. The Labute approximate surface area is 226 Å². The highest BCUT2D eigenvalue weighted by Crippen LogP contribution is 2.23. The monoisotopic (exact) mass is 587 g/mol. The van der Waals surface area contributed by atoms with Crippen LogP contribution in [0.5, 0.6) is 5.75 Å². The Morgan fingerprint density at radius 2 is 1.62 bits per heavy atom. The molecule has 37 heavy (non-hydrogen) atoms. The van der Waals surface area contributed by atoms with Gasteiger partial charge in [-0.1, -0.05) is 58.4 Å². The van der Waals surface area contributed by atoms with E-state index in [-0.39, 0.29) is 18.9 Å². The van der Waals surface area contributed by atoms with Crippen molar-refractivity contribution < 1.29 is 22.7 Å². The number of hydrogen-bond acceptors (Lipinski definition) is 5. The van der Waals surface area contributed by atoms with Gasteiger partial charge >= 0.3 is 0 Å². The molecule has 3 rings (SSSR count). The number of nitrogens with one attached hydrogen (secondary N) is 1. The molecule has 0 radical (unpaired) electrons. The number of halogens is 1. The van der Waals surface area contributed by atoms with E-state index in [0.717, 1.165) is 26.2 Å². The van der Waals surface area contributed by atoms with Gasteiger partial charge < -0.3 is 15.0 Å². The van der Waals surface area contributed by atoms with Crippen molar-refractivity contribution in [3.63, 3.8) is 0 Å². The highest BCUT2D eigenvalue weighted by molar-refractivity contribution is 9.10. The Kier molecular flexibility index (Phi) is 9.71. The van der Waals surface area contributed by atoms with Gasteiger partial charge in [0.1, 0.15) is 18.3 Å². The molecule has 0 aromatic heterocycles. The summed E-state index contributed by atoms with van der Waals surface area (Å²) < 4.78 is 32.6. The van der Waals surface area contributed by atoms with E-state index < -0.39 is 28.5 Å². The predicted molar refractivity (Wildman–Crippen MR) is 148 cm³/mol. The molecule has 2 amide bonds. The third kappa shape index (κ3) is 7.80. The number of amides is 2. The smallest absolute Gasteiger partial charge is 0.244 e. The van der Waals surface area contributed by atoms with E-state index in [2.05, 4.69) is 21.2 Å². The minimum atomic E-state index is -3.80. The molecule has 8 nitrogen and oxygen atoms in total. The van der Waals surface area contributed by atoms with Crippen molar-refractivity contribution in [2.45, 2.75) is 19.0 Å². The Balaban J connectivity index is 2.02. The highest BCUT2D eigenvalue weighted by atomic mass is 79.9. The van der Waals surface area contributed by atoms with Crippen molar-refractivity contribution in [1.29, 1.82) is 0 Å². The van der Waals surface area contributed by atoms with E-state index in [1.807, 2.05) is 36.4 Å². The first-order valence-electron chi connectivity index (χ1n) is 11.5. The van der Waals surface area contributed by atoms with Gasteiger partial charge in [0.15, 0.2) is 0 Å². The van der Waals surface area contributed by atoms with E-state index in [1.54, 1.807) is 49.6 Å². The maximum Gasteiger partial charge on any atom is 0.244 e. The van der Waals surface area contributed by atoms with Crippen LogP contribution in [0, 0.1) is 0 Å². The van der Waals surface area contributed by atoms with Crippen LogP contribution in [0.1, 0.15) is 11.1 Å². The molecule has 1 atom stereocenters. The van der Waals surface area contributed by atoms with Crippen molar-refractivity contribution in [3.05, 3.63) is 94.5 Å². The lowest BCUT2D eigenvalue weighted by atomic mass is 10.0. The Hall–Kier alpha value is -3.37. The minimum absolute atomic E-state index is 0.0822. The van der Waals surface area contributed by atoms with Crippen LogP contribution in [-0.2, 0) is 32.6 Å². The molecular formula is C27H30BrN3O5S. The van der Waals surface area contributed by atoms with Crippen molar-refractivity contribution in [2.24, 2.45) is 0 Å². The Morgan fingerprint density at radius 1 is 0.973 bits per heavy atom. The van der Waals surface area contributed by atoms with E-state index in [1.165, 1.54) is 11.9 Å². The summed E-state index contributed by atoms with van der Waals surface area (Å²) in [6, 6.07) is 22.3. The Morgan fingerprint density at radius 3 is 2.22 bits per heavy atom. The van der Waals surface area contributed by atoms with E-state index in [0.29, 0.717) is 11.4 Å². The molecule has 0 fully saturated rings. The summed E-state index contributed by atoms with van der Waals surface area (Å²) in [6.45, 7) is -0.383. The van der Waals surface area contributed by atoms with Gasteiger partial charge in [0.05, 0.1) is 19.1 Å². The zero-order valence-electron chi connectivity index (χ0n) is 20.9. The molecule has 0 heterocycles. The van der Waals surface area contributed by atoms with Gasteiger partial charge in [0.2, 0.25) is 21.8 Å². The molecular weight excluding hydrogens is 558 g/mol. The van der Waals surface area contributed by atoms with Crippen LogP contribution in [0.3, 0.4) is 0 Å². The second-order valence-electron chi connectivity index (χ2n) is 8.44. The van der Waals surface area contributed by atoms with Crippen molar-refractivity contribution in [2.75, 3.05) is 31.3 Å². The van der Waals surface area contributed by atoms with Gasteiger partial charge in [0.25, 0.3) is 0 Å². The number of anilines is 1. The first-order valence-corrected chi connectivity index (χ1v) is 14.2. The van der Waals surface area contributed by atoms with Gasteiger partial charge in [0, 0.05) is 24.5 Å². The third-order valence-corrected chi connectivity index (χ3v) is 7.47. The molecule has 3 aromatic carbocycles. The largest absolute Gasteiger partial charge is 0.497 e. The molecule has 0 saturated heterocycles. The second kappa shape index (κ2) is 12.7. The lowest BCUT2D eigenvalue weighted by Gasteiger charge is -2.33. The number of nitrogens with zero attached hydrogens (tertiary/aromatic N) is 2. The first kappa shape index (κ1) is 28.2. The third-order valence-electron chi connectivity index (χ3n) is 5.80. The summed E-state index contributed by atoms with van der Waals surface area (Å²) >= 11 is 3.34.